The van der Waals surface area contributed by atoms with Crippen LogP contribution in [0.1, 0.15) is 176 Å². The molecular formula is C67H73F3ILiN6O5. The SMILES string of the molecule is C.C.C.CCOC(=O)c1c(C(C)C)n(-c2ccc(F)c(C)c2)c2cc3c(cc12)CN=C3.Cc1cc(-n2c(C(C)C)c(C(=O)O)c3cc4c(cc32)C=NC4)ccc1F.Cc1cc(-n2c(C(C)C)c(I)c3cc4c(cc32)C=NC4)ccc1F.[Li+].[OH-]. The van der Waals surface area contributed by atoms with E-state index in [1.165, 1.54) is 43.4 Å². The number of aliphatic imine (C=N–C) groups is 3. The van der Waals surface area contributed by atoms with E-state index in [0.717, 1.165) is 73.7 Å². The van der Waals surface area contributed by atoms with Crippen LogP contribution in [0, 0.1) is 41.8 Å². The number of nitrogens with zero attached hydrogens (tertiary/aromatic N) is 6. The zero-order chi connectivity index (χ0) is 55.6. The van der Waals surface area contributed by atoms with Crippen molar-refractivity contribution in [3.63, 3.8) is 0 Å². The molecular weight excluding hydrogens is 1160 g/mol. The molecule has 16 heteroatoms. The summed E-state index contributed by atoms with van der Waals surface area (Å²) in [5, 5.41) is 12.7. The summed E-state index contributed by atoms with van der Waals surface area (Å²) in [4.78, 5) is 38.0. The fourth-order valence-electron chi connectivity index (χ4n) is 11.1. The average molecular weight is 1230 g/mol. The van der Waals surface area contributed by atoms with E-state index >= 15 is 0 Å². The monoisotopic (exact) mass is 1230 g/mol. The third kappa shape index (κ3) is 12.2. The molecule has 0 atom stereocenters. The summed E-state index contributed by atoms with van der Waals surface area (Å²) in [5.41, 5.74) is 17.7. The van der Waals surface area contributed by atoms with Gasteiger partial charge in [-0.3, -0.25) is 15.0 Å². The fraction of sp³-hybridized carbons (Fsp3) is 0.299. The second-order valence-corrected chi connectivity index (χ2v) is 22.2. The number of halogens is 4. The van der Waals surface area contributed by atoms with Gasteiger partial charge in [-0.15, -0.1) is 0 Å². The Morgan fingerprint density at radius 1 is 0.542 bits per heavy atom. The molecule has 11 nitrogen and oxygen atoms in total. The molecule has 9 aromatic rings. The Labute approximate surface area is 511 Å². The number of carbonyl (C=O) groups excluding carboxylic acids is 1. The van der Waals surface area contributed by atoms with Crippen molar-refractivity contribution in [1.82, 2.24) is 13.7 Å². The Kier molecular flexibility index (Phi) is 21.5. The number of hydrogen-bond acceptors (Lipinski definition) is 7. The summed E-state index contributed by atoms with van der Waals surface area (Å²) >= 11 is 2.45. The van der Waals surface area contributed by atoms with Crippen LogP contribution in [0.3, 0.4) is 0 Å². The summed E-state index contributed by atoms with van der Waals surface area (Å²) in [6, 6.07) is 27.8. The average Bonchev–Trinajstić information content (AvgIpc) is 1.93. The van der Waals surface area contributed by atoms with E-state index in [1.807, 2.05) is 80.4 Å². The number of benzene rings is 6. The minimum atomic E-state index is -0.949. The largest absolute Gasteiger partial charge is 1.00 e. The molecule has 83 heavy (non-hydrogen) atoms. The van der Waals surface area contributed by atoms with Crippen LogP contribution in [0.15, 0.2) is 106 Å². The Hall–Kier alpha value is -7.03. The second kappa shape index (κ2) is 26.7. The Morgan fingerprint density at radius 3 is 1.20 bits per heavy atom. The van der Waals surface area contributed by atoms with E-state index in [4.69, 9.17) is 4.74 Å². The topological polar surface area (TPSA) is 145 Å². The van der Waals surface area contributed by atoms with Crippen LogP contribution in [-0.4, -0.2) is 61.5 Å². The molecule has 0 spiro atoms. The van der Waals surface area contributed by atoms with E-state index in [2.05, 4.69) is 92.6 Å². The fourth-order valence-corrected chi connectivity index (χ4v) is 12.4. The van der Waals surface area contributed by atoms with Crippen molar-refractivity contribution < 1.29 is 56.9 Å². The number of carbonyl (C=O) groups is 2. The zero-order valence-electron chi connectivity index (χ0n) is 46.8. The second-order valence-electron chi connectivity index (χ2n) is 21.1. The Morgan fingerprint density at radius 2 is 0.867 bits per heavy atom. The van der Waals surface area contributed by atoms with Crippen molar-refractivity contribution in [3.05, 3.63) is 190 Å². The summed E-state index contributed by atoms with van der Waals surface area (Å²) in [5.74, 6) is -1.53. The van der Waals surface area contributed by atoms with Crippen molar-refractivity contribution in [3.8, 4) is 17.1 Å². The number of fused-ring (bicyclic) bond motifs is 6. The van der Waals surface area contributed by atoms with Crippen LogP contribution in [0.5, 0.6) is 0 Å². The normalized spacial score (nSPS) is 12.2. The van der Waals surface area contributed by atoms with Gasteiger partial charge in [0, 0.05) is 72.5 Å². The molecule has 3 aromatic heterocycles. The van der Waals surface area contributed by atoms with Gasteiger partial charge in [-0.1, -0.05) is 63.8 Å². The molecule has 0 saturated carbocycles. The van der Waals surface area contributed by atoms with Gasteiger partial charge in [-0.25, -0.2) is 22.8 Å². The van der Waals surface area contributed by atoms with Crippen molar-refractivity contribution >= 4 is 85.9 Å². The minimum absolute atomic E-state index is 0. The molecule has 0 unspecified atom stereocenters. The van der Waals surface area contributed by atoms with Crippen LogP contribution in [-0.2, 0) is 24.4 Å². The first-order chi connectivity index (χ1) is 37.3. The molecule has 0 bridgehead atoms. The van der Waals surface area contributed by atoms with Gasteiger partial charge in [-0.05, 0) is 209 Å². The van der Waals surface area contributed by atoms with Gasteiger partial charge in [-0.2, -0.15) is 0 Å². The van der Waals surface area contributed by atoms with Crippen molar-refractivity contribution in [2.45, 2.75) is 129 Å². The third-order valence-corrected chi connectivity index (χ3v) is 15.9. The number of carboxylic acids is 1. The molecule has 3 aliphatic rings. The summed E-state index contributed by atoms with van der Waals surface area (Å²) in [6.07, 6.45) is 5.63. The van der Waals surface area contributed by atoms with Crippen LogP contribution < -0.4 is 18.9 Å². The minimum Gasteiger partial charge on any atom is -0.870 e. The molecule has 6 heterocycles. The molecule has 430 valence electrons. The van der Waals surface area contributed by atoms with Crippen LogP contribution in [0.4, 0.5) is 13.2 Å². The predicted octanol–water partition coefficient (Wildman–Crippen LogP) is 14.6. The van der Waals surface area contributed by atoms with Gasteiger partial charge in [0.2, 0.25) is 0 Å². The van der Waals surface area contributed by atoms with Crippen LogP contribution in [0.25, 0.3) is 49.8 Å². The van der Waals surface area contributed by atoms with Gasteiger partial charge >= 0.3 is 30.8 Å². The first-order valence-electron chi connectivity index (χ1n) is 26.3. The molecule has 0 amide bonds. The van der Waals surface area contributed by atoms with Crippen molar-refractivity contribution in [2.24, 2.45) is 15.0 Å². The summed E-state index contributed by atoms with van der Waals surface area (Å²) in [6.45, 7) is 21.8. The smallest absolute Gasteiger partial charge is 0.870 e. The van der Waals surface area contributed by atoms with Gasteiger partial charge < -0.3 is 29.0 Å². The predicted molar refractivity (Wildman–Crippen MR) is 338 cm³/mol. The van der Waals surface area contributed by atoms with Gasteiger partial charge in [0.1, 0.15) is 17.5 Å². The molecule has 3 aliphatic heterocycles. The number of hydrogen-bond donors (Lipinski definition) is 1. The maximum atomic E-state index is 13.9. The molecule has 12 rings (SSSR count). The van der Waals surface area contributed by atoms with Crippen molar-refractivity contribution in [2.75, 3.05) is 6.61 Å². The van der Waals surface area contributed by atoms with E-state index in [1.54, 1.807) is 45.0 Å². The summed E-state index contributed by atoms with van der Waals surface area (Å²) in [7, 11) is 0. The van der Waals surface area contributed by atoms with Gasteiger partial charge in [0.25, 0.3) is 0 Å². The third-order valence-electron chi connectivity index (χ3n) is 14.7. The number of aryl methyl sites for hydroxylation is 3. The summed E-state index contributed by atoms with van der Waals surface area (Å²) < 4.78 is 54.4. The van der Waals surface area contributed by atoms with Gasteiger partial charge in [0.15, 0.2) is 0 Å². The number of aromatic carboxylic acids is 1. The first kappa shape index (κ1) is 66.8. The van der Waals surface area contributed by atoms with E-state index in [0.29, 0.717) is 58.8 Å². The molecule has 0 aliphatic carbocycles. The quantitative estimate of drug-likeness (QED) is 0.0869. The number of carboxylic acid groups (broad SMARTS) is 1. The number of ether oxygens (including phenoxy) is 1. The molecule has 6 aromatic carbocycles. The Balaban J connectivity index is 0.000000222. The molecule has 0 radical (unpaired) electrons. The molecule has 2 N–H and O–H groups in total. The standard InChI is InChI=1S/C23H23FN2O2.C21H19FN2O2.C20H18FIN2.3CH4.Li.H2O/c1-5-28-23(27)21-18-9-15-11-25-12-16(15)10-20(18)26(22(21)13(2)3)17-6-7-19(24)14(4)8-17;1-11(2)20-19(21(25)26)16-7-13-9-23-10-14(13)8-18(16)24(20)15-4-5-17(22)12(3)6-15;1-11(2)20-19(22)16-7-13-9-23-10-14(13)8-18(16)24(20)15-4-5-17(21)12(3)6-15;;;;;/h6-10,12-13H,5,11H2,1-4H3;4-8,10-11H,9H2,1-3H3,(H,25,26);4-8,10-11H,9H2,1-3H3;3*1H4;;1H2/q;;;;;;+1;/p-1. The number of rotatable bonds is 9. The number of aromatic nitrogens is 3. The van der Waals surface area contributed by atoms with Crippen LogP contribution >= 0.6 is 22.6 Å². The molecule has 0 fully saturated rings. The van der Waals surface area contributed by atoms with Crippen molar-refractivity contribution in [1.29, 1.82) is 0 Å². The van der Waals surface area contributed by atoms with Crippen LogP contribution in [0.2, 0.25) is 0 Å². The number of esters is 1. The molecule has 0 saturated heterocycles. The van der Waals surface area contributed by atoms with E-state index in [-0.39, 0.29) is 81.9 Å². The maximum absolute atomic E-state index is 13.9. The van der Waals surface area contributed by atoms with Gasteiger partial charge in [0.05, 0.1) is 53.9 Å². The first-order valence-corrected chi connectivity index (χ1v) is 27.3. The Bertz CT molecular complexity index is 4060. The van der Waals surface area contributed by atoms with E-state index in [9.17, 15) is 27.9 Å². The van der Waals surface area contributed by atoms with E-state index < -0.39 is 5.97 Å². The maximum Gasteiger partial charge on any atom is 1.00 e. The zero-order valence-corrected chi connectivity index (χ0v) is 48.9.